The Bertz CT molecular complexity index is 159. The van der Waals surface area contributed by atoms with Crippen molar-refractivity contribution in [3.63, 3.8) is 0 Å². The predicted octanol–water partition coefficient (Wildman–Crippen LogP) is 2.50. The molecule has 0 saturated heterocycles. The van der Waals surface area contributed by atoms with Gasteiger partial charge < -0.3 is 4.12 Å². The molecule has 2 nitrogen and oxygen atoms in total. The lowest BCUT2D eigenvalue weighted by Gasteiger charge is -2.22. The predicted molar refractivity (Wildman–Crippen MR) is 57.1 cm³/mol. The standard InChI is InChI=1S/C8H19NOSi2/c1-11(8-6-5-7-9)10-12(2,3)4/h11H,5-6,8H2,1-4H3. The summed E-state index contributed by atoms with van der Waals surface area (Å²) in [5.41, 5.74) is 0. The largest absolute Gasteiger partial charge is 0.458 e. The lowest BCUT2D eigenvalue weighted by molar-refractivity contribution is 0.570. The van der Waals surface area contributed by atoms with E-state index in [2.05, 4.69) is 32.3 Å². The molecule has 12 heavy (non-hydrogen) atoms. The van der Waals surface area contributed by atoms with Gasteiger partial charge in [0.2, 0.25) is 0 Å². The Hall–Kier alpha value is -0.116. The Labute approximate surface area is 78.4 Å². The van der Waals surface area contributed by atoms with E-state index >= 15 is 0 Å². The molecule has 0 fully saturated rings. The van der Waals surface area contributed by atoms with E-state index in [4.69, 9.17) is 9.38 Å². The van der Waals surface area contributed by atoms with Crippen molar-refractivity contribution in [1.82, 2.24) is 0 Å². The molecule has 70 valence electrons. The minimum Gasteiger partial charge on any atom is -0.458 e. The lowest BCUT2D eigenvalue weighted by Crippen LogP contribution is -2.32. The second kappa shape index (κ2) is 5.52. The summed E-state index contributed by atoms with van der Waals surface area (Å²) in [6, 6.07) is 3.31. The molecule has 0 heterocycles. The summed E-state index contributed by atoms with van der Waals surface area (Å²) >= 11 is 0. The molecule has 0 bridgehead atoms. The third-order valence-corrected chi connectivity index (χ3v) is 7.11. The van der Waals surface area contributed by atoms with Gasteiger partial charge in [0.15, 0.2) is 17.4 Å². The minimum atomic E-state index is -1.30. The Morgan fingerprint density at radius 2 is 2.00 bits per heavy atom. The fourth-order valence-corrected chi connectivity index (χ4v) is 7.21. The summed E-state index contributed by atoms with van der Waals surface area (Å²) in [4.78, 5) is 0. The average molecular weight is 201 g/mol. The van der Waals surface area contributed by atoms with Crippen molar-refractivity contribution in [3.8, 4) is 6.07 Å². The molecule has 0 saturated carbocycles. The van der Waals surface area contributed by atoms with Crippen molar-refractivity contribution in [1.29, 1.82) is 5.26 Å². The smallest absolute Gasteiger partial charge is 0.170 e. The van der Waals surface area contributed by atoms with Crippen LogP contribution in [-0.2, 0) is 4.12 Å². The van der Waals surface area contributed by atoms with Gasteiger partial charge in [-0.2, -0.15) is 5.26 Å². The van der Waals surface area contributed by atoms with Gasteiger partial charge in [-0.25, -0.2) is 0 Å². The first-order valence-corrected chi connectivity index (χ1v) is 10.4. The van der Waals surface area contributed by atoms with Crippen LogP contribution in [0.25, 0.3) is 0 Å². The molecular formula is C8H19NOSi2. The molecule has 0 spiro atoms. The van der Waals surface area contributed by atoms with Crippen LogP contribution >= 0.6 is 0 Å². The van der Waals surface area contributed by atoms with Crippen molar-refractivity contribution in [2.75, 3.05) is 0 Å². The number of rotatable bonds is 5. The molecule has 0 aromatic heterocycles. The molecule has 0 aromatic carbocycles. The molecule has 0 aliphatic carbocycles. The van der Waals surface area contributed by atoms with E-state index in [1.165, 1.54) is 0 Å². The Balaban J connectivity index is 3.48. The number of hydrogen-bond acceptors (Lipinski definition) is 2. The molecule has 0 aliphatic rings. The van der Waals surface area contributed by atoms with Gasteiger partial charge >= 0.3 is 0 Å². The molecule has 4 heteroatoms. The highest BCUT2D eigenvalue weighted by Crippen LogP contribution is 2.09. The molecule has 0 aromatic rings. The number of nitrogens with zero attached hydrogens (tertiary/aromatic N) is 1. The second-order valence-corrected chi connectivity index (χ2v) is 11.5. The third-order valence-electron chi connectivity index (χ3n) is 1.45. The van der Waals surface area contributed by atoms with E-state index in [1.54, 1.807) is 0 Å². The fraction of sp³-hybridized carbons (Fsp3) is 0.875. The maximum atomic E-state index is 8.35. The fourth-order valence-electron chi connectivity index (χ4n) is 1.13. The van der Waals surface area contributed by atoms with Crippen LogP contribution in [0.2, 0.25) is 32.2 Å². The minimum absolute atomic E-state index is 0.687. The topological polar surface area (TPSA) is 33.0 Å². The Morgan fingerprint density at radius 3 is 2.42 bits per heavy atom. The monoisotopic (exact) mass is 201 g/mol. The van der Waals surface area contributed by atoms with Crippen LogP contribution in [0.15, 0.2) is 0 Å². The Morgan fingerprint density at radius 1 is 1.42 bits per heavy atom. The third kappa shape index (κ3) is 7.98. The number of hydrogen-bond donors (Lipinski definition) is 0. The van der Waals surface area contributed by atoms with Gasteiger partial charge in [-0.15, -0.1) is 0 Å². The van der Waals surface area contributed by atoms with Gasteiger partial charge in [-0.05, 0) is 38.7 Å². The van der Waals surface area contributed by atoms with Gasteiger partial charge in [0, 0.05) is 6.42 Å². The Kier molecular flexibility index (Phi) is 5.46. The zero-order valence-electron chi connectivity index (χ0n) is 8.55. The summed E-state index contributed by atoms with van der Waals surface area (Å²) in [5.74, 6) is 0. The van der Waals surface area contributed by atoms with Crippen LogP contribution in [0.5, 0.6) is 0 Å². The molecule has 1 atom stereocenters. The van der Waals surface area contributed by atoms with Crippen LogP contribution in [0.4, 0.5) is 0 Å². The normalized spacial score (nSPS) is 13.9. The SMILES string of the molecule is C[SiH](CCCC#N)O[Si](C)(C)C. The lowest BCUT2D eigenvalue weighted by atomic mass is 10.4. The second-order valence-electron chi connectivity index (χ2n) is 4.09. The summed E-state index contributed by atoms with van der Waals surface area (Å²) in [7, 11) is -2.25. The van der Waals surface area contributed by atoms with Crippen LogP contribution in [0, 0.1) is 11.3 Å². The van der Waals surface area contributed by atoms with Gasteiger partial charge in [0.05, 0.1) is 6.07 Å². The van der Waals surface area contributed by atoms with Crippen LogP contribution in [-0.4, -0.2) is 17.4 Å². The highest BCUT2D eigenvalue weighted by molar-refractivity contribution is 6.77. The first-order valence-electron chi connectivity index (χ1n) is 4.50. The van der Waals surface area contributed by atoms with Gasteiger partial charge in [-0.3, -0.25) is 0 Å². The molecule has 0 rings (SSSR count). The first-order chi connectivity index (χ1) is 5.45. The van der Waals surface area contributed by atoms with E-state index < -0.39 is 17.4 Å². The highest BCUT2D eigenvalue weighted by atomic mass is 28.4. The van der Waals surface area contributed by atoms with Crippen molar-refractivity contribution in [2.45, 2.75) is 45.1 Å². The van der Waals surface area contributed by atoms with E-state index in [9.17, 15) is 0 Å². The first kappa shape index (κ1) is 11.9. The van der Waals surface area contributed by atoms with Crippen molar-refractivity contribution in [2.24, 2.45) is 0 Å². The van der Waals surface area contributed by atoms with E-state index in [-0.39, 0.29) is 0 Å². The van der Waals surface area contributed by atoms with E-state index in [0.717, 1.165) is 12.5 Å². The van der Waals surface area contributed by atoms with Crippen molar-refractivity contribution >= 4 is 17.4 Å². The van der Waals surface area contributed by atoms with E-state index in [0.29, 0.717) is 6.42 Å². The summed E-state index contributed by atoms with van der Waals surface area (Å²) in [5, 5.41) is 8.35. The maximum absolute atomic E-state index is 8.35. The quantitative estimate of drug-likeness (QED) is 0.506. The molecular weight excluding hydrogens is 182 g/mol. The number of unbranched alkanes of at least 4 members (excludes halogenated alkanes) is 1. The van der Waals surface area contributed by atoms with E-state index in [1.807, 2.05) is 0 Å². The molecule has 0 N–H and O–H groups in total. The van der Waals surface area contributed by atoms with Crippen LogP contribution in [0.3, 0.4) is 0 Å². The van der Waals surface area contributed by atoms with Crippen molar-refractivity contribution < 1.29 is 4.12 Å². The molecule has 1 unspecified atom stereocenters. The van der Waals surface area contributed by atoms with Crippen molar-refractivity contribution in [3.05, 3.63) is 0 Å². The van der Waals surface area contributed by atoms with Gasteiger partial charge in [-0.1, -0.05) is 0 Å². The maximum Gasteiger partial charge on any atom is 0.170 e. The summed E-state index contributed by atoms with van der Waals surface area (Å²) < 4.78 is 5.95. The zero-order chi connectivity index (χ0) is 9.61. The average Bonchev–Trinajstić information content (AvgIpc) is 1.84. The molecule has 0 aliphatic heterocycles. The van der Waals surface area contributed by atoms with Crippen LogP contribution in [0.1, 0.15) is 12.8 Å². The summed E-state index contributed by atoms with van der Waals surface area (Å²) in [6.45, 7) is 8.90. The molecule has 0 radical (unpaired) electrons. The highest BCUT2D eigenvalue weighted by Gasteiger charge is 2.17. The molecule has 0 amide bonds. The van der Waals surface area contributed by atoms with Crippen LogP contribution < -0.4 is 0 Å². The number of nitriles is 1. The summed E-state index contributed by atoms with van der Waals surface area (Å²) in [6.07, 6.45) is 1.71. The zero-order valence-corrected chi connectivity index (χ0v) is 10.7. The van der Waals surface area contributed by atoms with Gasteiger partial charge in [0.1, 0.15) is 0 Å². The van der Waals surface area contributed by atoms with Gasteiger partial charge in [0.25, 0.3) is 0 Å².